The third-order valence-electron chi connectivity index (χ3n) is 4.80. The maximum atomic E-state index is 12.3. The molecule has 152 valence electrons. The molecule has 3 amide bonds. The average molecular weight is 395 g/mol. The van der Waals surface area contributed by atoms with Gasteiger partial charge in [-0.15, -0.1) is 0 Å². The van der Waals surface area contributed by atoms with Crippen molar-refractivity contribution in [1.82, 2.24) is 15.1 Å². The van der Waals surface area contributed by atoms with Gasteiger partial charge in [0.2, 0.25) is 5.91 Å². The van der Waals surface area contributed by atoms with E-state index in [1.165, 1.54) is 9.80 Å². The van der Waals surface area contributed by atoms with Gasteiger partial charge in [-0.25, -0.2) is 0 Å². The summed E-state index contributed by atoms with van der Waals surface area (Å²) in [7, 11) is 0. The molecular formula is C22H25N3O4. The van der Waals surface area contributed by atoms with Gasteiger partial charge in [0.25, 0.3) is 0 Å². The molecule has 2 aromatic rings. The summed E-state index contributed by atoms with van der Waals surface area (Å²) in [6, 6.07) is 17.3. The van der Waals surface area contributed by atoms with Gasteiger partial charge >= 0.3 is 11.8 Å². The molecule has 0 radical (unpaired) electrons. The SMILES string of the molecule is CCN1CCN(CC(=O)NCc2ccccc2OCc2ccccc2)C(=O)C1=O. The number of likely N-dealkylation sites (N-methyl/N-ethyl adjacent to an activating group) is 1. The molecule has 1 saturated heterocycles. The second-order valence-electron chi connectivity index (χ2n) is 6.77. The molecule has 0 atom stereocenters. The fourth-order valence-corrected chi connectivity index (χ4v) is 3.12. The maximum Gasteiger partial charge on any atom is 0.312 e. The summed E-state index contributed by atoms with van der Waals surface area (Å²) in [6.45, 7) is 3.71. The van der Waals surface area contributed by atoms with Crippen molar-refractivity contribution in [3.05, 3.63) is 65.7 Å². The van der Waals surface area contributed by atoms with Gasteiger partial charge in [0.05, 0.1) is 0 Å². The minimum Gasteiger partial charge on any atom is -0.489 e. The fourth-order valence-electron chi connectivity index (χ4n) is 3.12. The highest BCUT2D eigenvalue weighted by atomic mass is 16.5. The minimum atomic E-state index is -0.625. The summed E-state index contributed by atoms with van der Waals surface area (Å²) in [5.41, 5.74) is 1.90. The van der Waals surface area contributed by atoms with Crippen LogP contribution < -0.4 is 10.1 Å². The van der Waals surface area contributed by atoms with Gasteiger partial charge in [-0.05, 0) is 18.6 Å². The predicted molar refractivity (Wildman–Crippen MR) is 108 cm³/mol. The van der Waals surface area contributed by atoms with E-state index in [1.54, 1.807) is 0 Å². The highest BCUT2D eigenvalue weighted by Gasteiger charge is 2.32. The fraction of sp³-hybridized carbons (Fsp3) is 0.318. The second kappa shape index (κ2) is 9.73. The number of nitrogens with one attached hydrogen (secondary N) is 1. The lowest BCUT2D eigenvalue weighted by Gasteiger charge is -2.32. The Kier molecular flexibility index (Phi) is 6.84. The standard InChI is InChI=1S/C22H25N3O4/c1-2-24-12-13-25(22(28)21(24)27)15-20(26)23-14-18-10-6-7-11-19(18)29-16-17-8-4-3-5-9-17/h3-11H,2,12-16H2,1H3,(H,23,26). The molecule has 0 aromatic heterocycles. The predicted octanol–water partition coefficient (Wildman–Crippen LogP) is 1.57. The van der Waals surface area contributed by atoms with Crippen molar-refractivity contribution in [2.24, 2.45) is 0 Å². The van der Waals surface area contributed by atoms with Gasteiger partial charge in [0.1, 0.15) is 18.9 Å². The molecule has 29 heavy (non-hydrogen) atoms. The topological polar surface area (TPSA) is 79.0 Å². The van der Waals surface area contributed by atoms with Crippen LogP contribution in [0.3, 0.4) is 0 Å². The third kappa shape index (κ3) is 5.34. The molecule has 7 nitrogen and oxygen atoms in total. The van der Waals surface area contributed by atoms with Crippen molar-refractivity contribution in [2.75, 3.05) is 26.2 Å². The minimum absolute atomic E-state index is 0.130. The summed E-state index contributed by atoms with van der Waals surface area (Å²) in [5, 5.41) is 2.81. The zero-order valence-corrected chi connectivity index (χ0v) is 16.5. The molecule has 7 heteroatoms. The van der Waals surface area contributed by atoms with E-state index in [0.29, 0.717) is 32.0 Å². The Morgan fingerprint density at radius 3 is 2.38 bits per heavy atom. The largest absolute Gasteiger partial charge is 0.489 e. The van der Waals surface area contributed by atoms with E-state index in [4.69, 9.17) is 4.74 Å². The van der Waals surface area contributed by atoms with Crippen molar-refractivity contribution in [3.63, 3.8) is 0 Å². The van der Waals surface area contributed by atoms with Crippen molar-refractivity contribution in [1.29, 1.82) is 0 Å². The quantitative estimate of drug-likeness (QED) is 0.689. The van der Waals surface area contributed by atoms with E-state index in [1.807, 2.05) is 61.5 Å². The first-order valence-corrected chi connectivity index (χ1v) is 9.68. The normalized spacial score (nSPS) is 14.1. The summed E-state index contributed by atoms with van der Waals surface area (Å²) < 4.78 is 5.89. The van der Waals surface area contributed by atoms with Crippen molar-refractivity contribution >= 4 is 17.7 Å². The smallest absolute Gasteiger partial charge is 0.312 e. The van der Waals surface area contributed by atoms with Crippen LogP contribution in [0.4, 0.5) is 0 Å². The van der Waals surface area contributed by atoms with Crippen molar-refractivity contribution in [2.45, 2.75) is 20.1 Å². The molecule has 3 rings (SSSR count). The molecule has 0 spiro atoms. The lowest BCUT2D eigenvalue weighted by molar-refractivity contribution is -0.156. The third-order valence-corrected chi connectivity index (χ3v) is 4.80. The summed E-state index contributed by atoms with van der Waals surface area (Å²) in [6.07, 6.45) is 0. The van der Waals surface area contributed by atoms with Crippen molar-refractivity contribution in [3.8, 4) is 5.75 Å². The molecule has 2 aromatic carbocycles. The van der Waals surface area contributed by atoms with Gasteiger partial charge in [-0.3, -0.25) is 14.4 Å². The van der Waals surface area contributed by atoms with E-state index < -0.39 is 11.8 Å². The molecule has 1 aliphatic heterocycles. The number of hydrogen-bond donors (Lipinski definition) is 1. The number of ether oxygens (including phenoxy) is 1. The van der Waals surface area contributed by atoms with Gasteiger partial charge in [0.15, 0.2) is 0 Å². The second-order valence-corrected chi connectivity index (χ2v) is 6.77. The lowest BCUT2D eigenvalue weighted by atomic mass is 10.2. The Morgan fingerprint density at radius 2 is 1.62 bits per heavy atom. The summed E-state index contributed by atoms with van der Waals surface area (Å²) in [4.78, 5) is 39.1. The van der Waals surface area contributed by atoms with Gasteiger partial charge in [-0.2, -0.15) is 0 Å². The number of nitrogens with zero attached hydrogens (tertiary/aromatic N) is 2. The Bertz CT molecular complexity index is 869. The lowest BCUT2D eigenvalue weighted by Crippen LogP contribution is -2.56. The van der Waals surface area contributed by atoms with E-state index in [2.05, 4.69) is 5.32 Å². The van der Waals surface area contributed by atoms with Crippen LogP contribution in [0.15, 0.2) is 54.6 Å². The molecule has 1 fully saturated rings. The van der Waals surface area contributed by atoms with E-state index >= 15 is 0 Å². The number of rotatable bonds is 8. The molecule has 1 heterocycles. The van der Waals surface area contributed by atoms with Crippen molar-refractivity contribution < 1.29 is 19.1 Å². The van der Waals surface area contributed by atoms with Gasteiger partial charge in [-0.1, -0.05) is 48.5 Å². The first kappa shape index (κ1) is 20.4. The number of carbonyl (C=O) groups is 3. The Balaban J connectivity index is 1.53. The first-order valence-electron chi connectivity index (χ1n) is 9.68. The molecule has 0 unspecified atom stereocenters. The molecule has 0 aliphatic carbocycles. The Hall–Kier alpha value is -3.35. The number of piperazine rings is 1. The molecule has 1 aliphatic rings. The summed E-state index contributed by atoms with van der Waals surface area (Å²) >= 11 is 0. The van der Waals surface area contributed by atoms with Crippen LogP contribution in [0.1, 0.15) is 18.1 Å². The highest BCUT2D eigenvalue weighted by Crippen LogP contribution is 2.19. The summed E-state index contributed by atoms with van der Waals surface area (Å²) in [5.74, 6) is -0.792. The van der Waals surface area contributed by atoms with Crippen LogP contribution in [0.2, 0.25) is 0 Å². The van der Waals surface area contributed by atoms with Crippen LogP contribution in [0.25, 0.3) is 0 Å². The first-order chi connectivity index (χ1) is 14.1. The van der Waals surface area contributed by atoms with Gasteiger partial charge < -0.3 is 19.9 Å². The van der Waals surface area contributed by atoms with Crippen LogP contribution in [-0.4, -0.2) is 53.7 Å². The molecular weight excluding hydrogens is 370 g/mol. The van der Waals surface area contributed by atoms with E-state index in [-0.39, 0.29) is 19.0 Å². The monoisotopic (exact) mass is 395 g/mol. The number of para-hydroxylation sites is 1. The zero-order valence-electron chi connectivity index (χ0n) is 16.5. The van der Waals surface area contributed by atoms with E-state index in [0.717, 1.165) is 11.1 Å². The molecule has 0 saturated carbocycles. The Labute approximate surface area is 170 Å². The molecule has 0 bridgehead atoms. The molecule has 1 N–H and O–H groups in total. The van der Waals surface area contributed by atoms with Crippen LogP contribution >= 0.6 is 0 Å². The highest BCUT2D eigenvalue weighted by molar-refractivity contribution is 6.35. The zero-order chi connectivity index (χ0) is 20.6. The maximum absolute atomic E-state index is 12.3. The Morgan fingerprint density at radius 1 is 0.966 bits per heavy atom. The number of amides is 3. The average Bonchev–Trinajstić information content (AvgIpc) is 2.75. The van der Waals surface area contributed by atoms with Crippen LogP contribution in [0, 0.1) is 0 Å². The number of benzene rings is 2. The van der Waals surface area contributed by atoms with Gasteiger partial charge in [0, 0.05) is 31.7 Å². The number of carbonyl (C=O) groups excluding carboxylic acids is 3. The number of hydrogen-bond acceptors (Lipinski definition) is 4. The van der Waals surface area contributed by atoms with Crippen LogP contribution in [-0.2, 0) is 27.5 Å². The van der Waals surface area contributed by atoms with Crippen LogP contribution in [0.5, 0.6) is 5.75 Å². The van der Waals surface area contributed by atoms with E-state index in [9.17, 15) is 14.4 Å².